The summed E-state index contributed by atoms with van der Waals surface area (Å²) in [7, 11) is 1.74. The molecule has 2 aromatic heterocycles. The van der Waals surface area contributed by atoms with Crippen LogP contribution in [0.2, 0.25) is 0 Å². The predicted octanol–water partition coefficient (Wildman–Crippen LogP) is 3.51. The Hall–Kier alpha value is -1.76. The van der Waals surface area contributed by atoms with Gasteiger partial charge in [-0.25, -0.2) is 0 Å². The first-order chi connectivity index (χ1) is 13.7. The molecule has 0 bridgehead atoms. The molecule has 2 aromatic rings. The van der Waals surface area contributed by atoms with Crippen LogP contribution >= 0.6 is 11.3 Å². The first-order valence-corrected chi connectivity index (χ1v) is 11.1. The highest BCUT2D eigenvalue weighted by Gasteiger charge is 2.29. The predicted molar refractivity (Wildman–Crippen MR) is 112 cm³/mol. The Labute approximate surface area is 171 Å². The number of hydrogen-bond donors (Lipinski definition) is 0. The van der Waals surface area contributed by atoms with Crippen molar-refractivity contribution in [3.8, 4) is 0 Å². The van der Waals surface area contributed by atoms with Gasteiger partial charge in [-0.3, -0.25) is 14.7 Å². The average Bonchev–Trinajstić information content (AvgIpc) is 3.17. The van der Waals surface area contributed by atoms with Gasteiger partial charge in [-0.2, -0.15) is 0 Å². The fourth-order valence-corrected chi connectivity index (χ4v) is 5.28. The molecule has 0 aliphatic carbocycles. The second kappa shape index (κ2) is 8.72. The maximum absolute atomic E-state index is 13.1. The van der Waals surface area contributed by atoms with E-state index in [1.54, 1.807) is 18.4 Å². The van der Waals surface area contributed by atoms with Gasteiger partial charge in [0.05, 0.1) is 17.4 Å². The number of aromatic nitrogens is 1. The standard InChI is InChI=1S/C22H29N3O2S/c1-3-16-6-7-17(23-11-16)12-24-10-8-19-20(15-28-21(19)14-24)22(26)25-9-4-5-18(13-25)27-2/h6-7,11,15,18H,3-5,8-10,12-14H2,1-2H3. The van der Waals surface area contributed by atoms with Crippen LogP contribution in [-0.4, -0.2) is 53.5 Å². The van der Waals surface area contributed by atoms with Gasteiger partial charge in [0.15, 0.2) is 0 Å². The SMILES string of the molecule is CCc1ccc(CN2CCc3c(C(=O)N4CCCC(OC)C4)csc3C2)nc1. The molecule has 5 nitrogen and oxygen atoms in total. The van der Waals surface area contributed by atoms with Crippen LogP contribution in [0.15, 0.2) is 23.7 Å². The highest BCUT2D eigenvalue weighted by Crippen LogP contribution is 2.31. The van der Waals surface area contributed by atoms with E-state index in [4.69, 9.17) is 4.74 Å². The van der Waals surface area contributed by atoms with E-state index < -0.39 is 0 Å². The molecule has 0 aromatic carbocycles. The van der Waals surface area contributed by atoms with E-state index in [1.807, 2.05) is 11.1 Å². The van der Waals surface area contributed by atoms with Crippen molar-refractivity contribution in [2.75, 3.05) is 26.7 Å². The summed E-state index contributed by atoms with van der Waals surface area (Å²) in [6, 6.07) is 4.31. The van der Waals surface area contributed by atoms with E-state index in [9.17, 15) is 4.79 Å². The summed E-state index contributed by atoms with van der Waals surface area (Å²) >= 11 is 1.73. The Morgan fingerprint density at radius 2 is 2.25 bits per heavy atom. The molecular formula is C22H29N3O2S. The normalized spacial score (nSPS) is 20.2. The van der Waals surface area contributed by atoms with Crippen molar-refractivity contribution in [3.05, 3.63) is 51.0 Å². The molecule has 0 saturated carbocycles. The average molecular weight is 400 g/mol. The summed E-state index contributed by atoms with van der Waals surface area (Å²) in [5.74, 6) is 0.185. The van der Waals surface area contributed by atoms with Gasteiger partial charge in [-0.1, -0.05) is 13.0 Å². The number of fused-ring (bicyclic) bond motifs is 1. The molecule has 0 spiro atoms. The zero-order chi connectivity index (χ0) is 19.5. The number of hydrogen-bond acceptors (Lipinski definition) is 5. The van der Waals surface area contributed by atoms with Crippen molar-refractivity contribution in [1.29, 1.82) is 0 Å². The van der Waals surface area contributed by atoms with Crippen LogP contribution in [0.1, 0.15) is 51.8 Å². The third-order valence-electron chi connectivity index (χ3n) is 5.93. The van der Waals surface area contributed by atoms with Crippen molar-refractivity contribution >= 4 is 17.2 Å². The number of thiophene rings is 1. The van der Waals surface area contributed by atoms with Crippen LogP contribution < -0.4 is 0 Å². The van der Waals surface area contributed by atoms with Gasteiger partial charge >= 0.3 is 0 Å². The quantitative estimate of drug-likeness (QED) is 0.772. The number of likely N-dealkylation sites (tertiary alicyclic amines) is 1. The molecule has 6 heteroatoms. The van der Waals surface area contributed by atoms with Crippen LogP contribution in [0.25, 0.3) is 0 Å². The molecule has 1 saturated heterocycles. The van der Waals surface area contributed by atoms with Gasteiger partial charge in [0.2, 0.25) is 0 Å². The monoisotopic (exact) mass is 399 g/mol. The smallest absolute Gasteiger partial charge is 0.255 e. The van der Waals surface area contributed by atoms with Gasteiger partial charge in [-0.15, -0.1) is 11.3 Å². The lowest BCUT2D eigenvalue weighted by atomic mass is 10.0. The lowest BCUT2D eigenvalue weighted by Crippen LogP contribution is -2.43. The van der Waals surface area contributed by atoms with Crippen molar-refractivity contribution in [2.24, 2.45) is 0 Å². The second-order valence-electron chi connectivity index (χ2n) is 7.77. The Kier molecular flexibility index (Phi) is 6.09. The van der Waals surface area contributed by atoms with Crippen molar-refractivity contribution in [2.45, 2.75) is 51.8 Å². The van der Waals surface area contributed by atoms with E-state index in [1.165, 1.54) is 16.0 Å². The highest BCUT2D eigenvalue weighted by atomic mass is 32.1. The van der Waals surface area contributed by atoms with Gasteiger partial charge in [0.25, 0.3) is 5.91 Å². The number of amides is 1. The van der Waals surface area contributed by atoms with E-state index >= 15 is 0 Å². The molecule has 0 N–H and O–H groups in total. The summed E-state index contributed by atoms with van der Waals surface area (Å²) in [5.41, 5.74) is 4.58. The molecule has 1 amide bonds. The number of carbonyl (C=O) groups is 1. The number of carbonyl (C=O) groups excluding carboxylic acids is 1. The largest absolute Gasteiger partial charge is 0.380 e. The number of ether oxygens (including phenoxy) is 1. The van der Waals surface area contributed by atoms with Crippen LogP contribution in [0, 0.1) is 0 Å². The molecule has 4 rings (SSSR count). The number of nitrogens with zero attached hydrogens (tertiary/aromatic N) is 3. The third-order valence-corrected chi connectivity index (χ3v) is 6.95. The maximum Gasteiger partial charge on any atom is 0.255 e. The van der Waals surface area contributed by atoms with Crippen molar-refractivity contribution < 1.29 is 9.53 Å². The first kappa shape index (κ1) is 19.6. The van der Waals surface area contributed by atoms with Crippen LogP contribution in [0.3, 0.4) is 0 Å². The molecule has 4 heterocycles. The Morgan fingerprint density at radius 3 is 3.00 bits per heavy atom. The van der Waals surface area contributed by atoms with Gasteiger partial charge in [0.1, 0.15) is 0 Å². The summed E-state index contributed by atoms with van der Waals surface area (Å²) in [6.45, 7) is 6.46. The highest BCUT2D eigenvalue weighted by molar-refractivity contribution is 7.10. The number of aryl methyl sites for hydroxylation is 1. The molecule has 28 heavy (non-hydrogen) atoms. The molecule has 0 radical (unpaired) electrons. The minimum absolute atomic E-state index is 0.175. The zero-order valence-electron chi connectivity index (χ0n) is 16.8. The molecule has 2 aliphatic rings. The Morgan fingerprint density at radius 1 is 1.36 bits per heavy atom. The van der Waals surface area contributed by atoms with E-state index in [-0.39, 0.29) is 12.0 Å². The van der Waals surface area contributed by atoms with Crippen LogP contribution in [0.4, 0.5) is 0 Å². The maximum atomic E-state index is 13.1. The molecule has 2 aliphatic heterocycles. The molecule has 1 atom stereocenters. The molecule has 1 fully saturated rings. The lowest BCUT2D eigenvalue weighted by molar-refractivity contribution is 0.0268. The van der Waals surface area contributed by atoms with Crippen molar-refractivity contribution in [1.82, 2.24) is 14.8 Å². The number of methoxy groups -OCH3 is 1. The minimum atomic E-state index is 0.175. The Bertz CT molecular complexity index is 818. The number of rotatable bonds is 5. The van der Waals surface area contributed by atoms with Gasteiger partial charge < -0.3 is 9.64 Å². The van der Waals surface area contributed by atoms with E-state index in [0.717, 1.165) is 63.1 Å². The fourth-order valence-electron chi connectivity index (χ4n) is 4.17. The molecular weight excluding hydrogens is 370 g/mol. The van der Waals surface area contributed by atoms with Crippen molar-refractivity contribution in [3.63, 3.8) is 0 Å². The summed E-state index contributed by atoms with van der Waals surface area (Å²) in [4.78, 5) is 23.4. The molecule has 150 valence electrons. The second-order valence-corrected chi connectivity index (χ2v) is 8.74. The summed E-state index contributed by atoms with van der Waals surface area (Å²) in [5, 5.41) is 2.07. The summed E-state index contributed by atoms with van der Waals surface area (Å²) < 4.78 is 5.48. The van der Waals surface area contributed by atoms with Gasteiger partial charge in [-0.05, 0) is 42.9 Å². The van der Waals surface area contributed by atoms with E-state index in [0.29, 0.717) is 6.54 Å². The Balaban J connectivity index is 1.42. The number of piperidine rings is 1. The zero-order valence-corrected chi connectivity index (χ0v) is 17.6. The van der Waals surface area contributed by atoms with Crippen LogP contribution in [0.5, 0.6) is 0 Å². The first-order valence-electron chi connectivity index (χ1n) is 10.3. The third kappa shape index (κ3) is 4.14. The molecule has 1 unspecified atom stereocenters. The lowest BCUT2D eigenvalue weighted by Gasteiger charge is -2.32. The topological polar surface area (TPSA) is 45.7 Å². The van der Waals surface area contributed by atoms with Crippen LogP contribution in [-0.2, 0) is 30.7 Å². The minimum Gasteiger partial charge on any atom is -0.380 e. The van der Waals surface area contributed by atoms with Gasteiger partial charge in [0, 0.05) is 56.3 Å². The summed E-state index contributed by atoms with van der Waals surface area (Å²) in [6.07, 6.45) is 6.19. The fraction of sp³-hybridized carbons (Fsp3) is 0.545. The van der Waals surface area contributed by atoms with E-state index in [2.05, 4.69) is 34.3 Å². The number of pyridine rings is 1.